The van der Waals surface area contributed by atoms with Crippen molar-refractivity contribution in [1.29, 1.82) is 0 Å². The average molecular weight is 461 g/mol. The van der Waals surface area contributed by atoms with E-state index in [2.05, 4.69) is 20.9 Å². The minimum atomic E-state index is -0.382. The summed E-state index contributed by atoms with van der Waals surface area (Å²) in [5.74, 6) is -0.170. The van der Waals surface area contributed by atoms with E-state index in [0.29, 0.717) is 22.4 Å². The van der Waals surface area contributed by atoms with Gasteiger partial charge in [-0.2, -0.15) is 0 Å². The van der Waals surface area contributed by atoms with Crippen LogP contribution in [0.3, 0.4) is 0 Å². The SMILES string of the molecule is COC(=O)c1sc2cc(C3CN(C(=O)OCc4ccccc4)C3)cnc2c1Br. The Labute approximate surface area is 174 Å². The lowest BCUT2D eigenvalue weighted by molar-refractivity contribution is 0.0604. The largest absolute Gasteiger partial charge is 0.465 e. The fraction of sp³-hybridized carbons (Fsp3) is 0.250. The van der Waals surface area contributed by atoms with Gasteiger partial charge in [0.1, 0.15) is 11.5 Å². The number of carbonyl (C=O) groups is 2. The van der Waals surface area contributed by atoms with Gasteiger partial charge in [0.25, 0.3) is 0 Å². The molecule has 0 bridgehead atoms. The molecule has 4 rings (SSSR count). The number of halogens is 1. The third-order valence-corrected chi connectivity index (χ3v) is 6.82. The van der Waals surface area contributed by atoms with Crippen molar-refractivity contribution in [2.45, 2.75) is 12.5 Å². The van der Waals surface area contributed by atoms with Crippen LogP contribution in [0.2, 0.25) is 0 Å². The van der Waals surface area contributed by atoms with E-state index in [9.17, 15) is 9.59 Å². The maximum absolute atomic E-state index is 12.2. The highest BCUT2D eigenvalue weighted by molar-refractivity contribution is 9.10. The van der Waals surface area contributed by atoms with E-state index in [4.69, 9.17) is 9.47 Å². The molecule has 8 heteroatoms. The molecule has 0 spiro atoms. The van der Waals surface area contributed by atoms with Gasteiger partial charge in [-0.05, 0) is 33.1 Å². The van der Waals surface area contributed by atoms with Crippen molar-refractivity contribution in [2.75, 3.05) is 20.2 Å². The van der Waals surface area contributed by atoms with Gasteiger partial charge in [-0.1, -0.05) is 30.3 Å². The van der Waals surface area contributed by atoms with E-state index in [-0.39, 0.29) is 24.6 Å². The number of nitrogens with zero attached hydrogens (tertiary/aromatic N) is 2. The van der Waals surface area contributed by atoms with Crippen LogP contribution in [0, 0.1) is 0 Å². The fourth-order valence-electron chi connectivity index (χ4n) is 3.06. The molecule has 6 nitrogen and oxygen atoms in total. The van der Waals surface area contributed by atoms with Crippen LogP contribution >= 0.6 is 27.3 Å². The van der Waals surface area contributed by atoms with Crippen LogP contribution in [0.25, 0.3) is 10.2 Å². The highest BCUT2D eigenvalue weighted by Crippen LogP contribution is 2.37. The molecule has 0 N–H and O–H groups in total. The van der Waals surface area contributed by atoms with E-state index in [1.165, 1.54) is 18.4 Å². The third kappa shape index (κ3) is 3.62. The molecule has 1 saturated heterocycles. The standard InChI is InChI=1S/C20H17BrN2O4S/c1-26-19(24)18-16(21)17-15(28-18)7-13(8-22-17)14-9-23(10-14)20(25)27-11-12-5-3-2-4-6-12/h2-8,14H,9-11H2,1H3. The number of carbonyl (C=O) groups excluding carboxylic acids is 2. The van der Waals surface area contributed by atoms with Gasteiger partial charge < -0.3 is 14.4 Å². The Bertz CT molecular complexity index is 1030. The van der Waals surface area contributed by atoms with E-state index in [1.54, 1.807) is 11.1 Å². The molecule has 0 radical (unpaired) electrons. The first-order valence-electron chi connectivity index (χ1n) is 8.68. The van der Waals surface area contributed by atoms with Crippen LogP contribution in [0.5, 0.6) is 0 Å². The number of likely N-dealkylation sites (tertiary alicyclic amines) is 1. The second-order valence-electron chi connectivity index (χ2n) is 6.49. The Kier molecular flexibility index (Phi) is 5.32. The summed E-state index contributed by atoms with van der Waals surface area (Å²) in [7, 11) is 1.36. The summed E-state index contributed by atoms with van der Waals surface area (Å²) >= 11 is 4.78. The molecule has 1 aliphatic heterocycles. The van der Waals surface area contributed by atoms with E-state index < -0.39 is 0 Å². The molecule has 3 heterocycles. The number of amides is 1. The lowest BCUT2D eigenvalue weighted by Crippen LogP contribution is -2.48. The highest BCUT2D eigenvalue weighted by Gasteiger charge is 2.33. The van der Waals surface area contributed by atoms with Crippen molar-refractivity contribution < 1.29 is 19.1 Å². The van der Waals surface area contributed by atoms with Crippen LogP contribution in [-0.2, 0) is 16.1 Å². The number of esters is 1. The minimum Gasteiger partial charge on any atom is -0.465 e. The van der Waals surface area contributed by atoms with Crippen LogP contribution in [-0.4, -0.2) is 42.1 Å². The Balaban J connectivity index is 1.39. The number of methoxy groups -OCH3 is 1. The number of benzene rings is 1. The Hall–Kier alpha value is -2.45. The Morgan fingerprint density at radius 3 is 2.75 bits per heavy atom. The molecule has 1 fully saturated rings. The normalized spacial score (nSPS) is 14.0. The van der Waals surface area contributed by atoms with Crippen molar-refractivity contribution in [3.63, 3.8) is 0 Å². The predicted molar refractivity (Wildman–Crippen MR) is 110 cm³/mol. The smallest absolute Gasteiger partial charge is 0.410 e. The number of fused-ring (bicyclic) bond motifs is 1. The molecule has 144 valence electrons. The molecule has 0 saturated carbocycles. The van der Waals surface area contributed by atoms with Crippen molar-refractivity contribution >= 4 is 49.5 Å². The molecular formula is C20H17BrN2O4S. The van der Waals surface area contributed by atoms with Gasteiger partial charge in [0.2, 0.25) is 0 Å². The molecule has 2 aromatic heterocycles. The first-order valence-corrected chi connectivity index (χ1v) is 10.3. The first-order chi connectivity index (χ1) is 13.6. The molecule has 28 heavy (non-hydrogen) atoms. The first kappa shape index (κ1) is 18.9. The summed E-state index contributed by atoms with van der Waals surface area (Å²) in [4.78, 5) is 30.7. The molecule has 0 unspecified atom stereocenters. The van der Waals surface area contributed by atoms with Crippen molar-refractivity contribution in [1.82, 2.24) is 9.88 Å². The van der Waals surface area contributed by atoms with Crippen LogP contribution < -0.4 is 0 Å². The lowest BCUT2D eigenvalue weighted by Gasteiger charge is -2.38. The summed E-state index contributed by atoms with van der Waals surface area (Å²) in [5, 5.41) is 0. The molecule has 0 atom stereocenters. The summed E-state index contributed by atoms with van der Waals surface area (Å²) in [5.41, 5.74) is 2.75. The number of hydrogen-bond donors (Lipinski definition) is 0. The zero-order valence-corrected chi connectivity index (χ0v) is 17.5. The second kappa shape index (κ2) is 7.89. The quantitative estimate of drug-likeness (QED) is 0.532. The summed E-state index contributed by atoms with van der Waals surface area (Å²) in [6, 6.07) is 11.6. The number of pyridine rings is 1. The maximum atomic E-state index is 12.2. The van der Waals surface area contributed by atoms with E-state index in [0.717, 1.165) is 21.3 Å². The molecule has 1 amide bonds. The van der Waals surface area contributed by atoms with E-state index >= 15 is 0 Å². The summed E-state index contributed by atoms with van der Waals surface area (Å²) in [6.07, 6.45) is 1.50. The van der Waals surface area contributed by atoms with Gasteiger partial charge in [0, 0.05) is 25.2 Å². The van der Waals surface area contributed by atoms with E-state index in [1.807, 2.05) is 36.4 Å². The Morgan fingerprint density at radius 1 is 1.29 bits per heavy atom. The lowest BCUT2D eigenvalue weighted by atomic mass is 9.93. The molecule has 0 aliphatic carbocycles. The molecule has 1 aromatic carbocycles. The predicted octanol–water partition coefficient (Wildman–Crippen LogP) is 4.58. The number of ether oxygens (including phenoxy) is 2. The fourth-order valence-corrected chi connectivity index (χ4v) is 4.93. The van der Waals surface area contributed by atoms with Gasteiger partial charge in [-0.15, -0.1) is 11.3 Å². The van der Waals surface area contributed by atoms with Gasteiger partial charge >= 0.3 is 12.1 Å². The highest BCUT2D eigenvalue weighted by atomic mass is 79.9. The van der Waals surface area contributed by atoms with Crippen molar-refractivity contribution in [3.8, 4) is 0 Å². The molecule has 1 aliphatic rings. The van der Waals surface area contributed by atoms with Crippen LogP contribution in [0.1, 0.15) is 26.7 Å². The third-order valence-electron chi connectivity index (χ3n) is 4.68. The zero-order valence-electron chi connectivity index (χ0n) is 15.1. The summed E-state index contributed by atoms with van der Waals surface area (Å²) in [6.45, 7) is 1.46. The van der Waals surface area contributed by atoms with Gasteiger partial charge in [-0.25, -0.2) is 9.59 Å². The molecule has 3 aromatic rings. The monoisotopic (exact) mass is 460 g/mol. The number of thiophene rings is 1. The Morgan fingerprint density at radius 2 is 2.04 bits per heavy atom. The summed E-state index contributed by atoms with van der Waals surface area (Å²) < 4.78 is 11.7. The minimum absolute atomic E-state index is 0.212. The van der Waals surface area contributed by atoms with Gasteiger partial charge in [0.05, 0.1) is 21.8 Å². The van der Waals surface area contributed by atoms with Crippen molar-refractivity contribution in [2.24, 2.45) is 0 Å². The number of aromatic nitrogens is 1. The zero-order chi connectivity index (χ0) is 19.7. The topological polar surface area (TPSA) is 68.7 Å². The number of hydrogen-bond acceptors (Lipinski definition) is 6. The van der Waals surface area contributed by atoms with Gasteiger partial charge in [0.15, 0.2) is 0 Å². The van der Waals surface area contributed by atoms with Crippen molar-refractivity contribution in [3.05, 3.63) is 63.1 Å². The van der Waals surface area contributed by atoms with Crippen LogP contribution in [0.15, 0.2) is 47.1 Å². The van der Waals surface area contributed by atoms with Gasteiger partial charge in [-0.3, -0.25) is 4.98 Å². The van der Waals surface area contributed by atoms with Crippen LogP contribution in [0.4, 0.5) is 4.79 Å². The maximum Gasteiger partial charge on any atom is 0.410 e. The average Bonchev–Trinajstić information content (AvgIpc) is 3.01. The second-order valence-corrected chi connectivity index (χ2v) is 8.34. The molecular weight excluding hydrogens is 444 g/mol. The number of rotatable bonds is 4.